The van der Waals surface area contributed by atoms with Gasteiger partial charge in [-0.15, -0.1) is 0 Å². The van der Waals surface area contributed by atoms with Crippen LogP contribution in [0.2, 0.25) is 0 Å². The minimum Gasteiger partial charge on any atom is -0.0922 e. The standard InChI is InChI=1S/C8H15Br/c1-3-8(2,6-9)7-4-5-7/h7H,3-6H2,1-2H3. The molecule has 0 nitrogen and oxygen atoms in total. The summed E-state index contributed by atoms with van der Waals surface area (Å²) in [7, 11) is 0. The largest absolute Gasteiger partial charge is 0.0922 e. The zero-order valence-corrected chi connectivity index (χ0v) is 7.87. The molecule has 1 atom stereocenters. The Hall–Kier alpha value is 0.480. The van der Waals surface area contributed by atoms with Crippen LogP contribution in [-0.2, 0) is 0 Å². The van der Waals surface area contributed by atoms with Gasteiger partial charge in [-0.1, -0.05) is 29.8 Å². The summed E-state index contributed by atoms with van der Waals surface area (Å²) in [5.74, 6) is 1.03. The van der Waals surface area contributed by atoms with Crippen LogP contribution in [0.25, 0.3) is 0 Å². The molecule has 0 radical (unpaired) electrons. The highest BCUT2D eigenvalue weighted by molar-refractivity contribution is 9.09. The summed E-state index contributed by atoms with van der Waals surface area (Å²) in [4.78, 5) is 0. The van der Waals surface area contributed by atoms with E-state index in [1.165, 1.54) is 24.6 Å². The molecule has 54 valence electrons. The van der Waals surface area contributed by atoms with Crippen LogP contribution < -0.4 is 0 Å². The zero-order valence-electron chi connectivity index (χ0n) is 6.28. The van der Waals surface area contributed by atoms with Crippen LogP contribution in [0.15, 0.2) is 0 Å². The van der Waals surface area contributed by atoms with Gasteiger partial charge in [-0.05, 0) is 30.6 Å². The van der Waals surface area contributed by atoms with E-state index in [0.717, 1.165) is 5.92 Å². The molecule has 1 aliphatic carbocycles. The lowest BCUT2D eigenvalue weighted by molar-refractivity contribution is 0.308. The van der Waals surface area contributed by atoms with Crippen molar-refractivity contribution in [2.24, 2.45) is 11.3 Å². The fraction of sp³-hybridized carbons (Fsp3) is 1.00. The summed E-state index contributed by atoms with van der Waals surface area (Å²) < 4.78 is 0. The molecule has 0 aromatic heterocycles. The normalized spacial score (nSPS) is 25.7. The molecule has 1 saturated carbocycles. The van der Waals surface area contributed by atoms with Crippen LogP contribution in [0.4, 0.5) is 0 Å². The highest BCUT2D eigenvalue weighted by Crippen LogP contribution is 2.48. The van der Waals surface area contributed by atoms with Crippen molar-refractivity contribution in [1.29, 1.82) is 0 Å². The summed E-state index contributed by atoms with van der Waals surface area (Å²) in [5, 5.41) is 1.18. The molecule has 0 heterocycles. The molecule has 0 amide bonds. The van der Waals surface area contributed by atoms with Crippen molar-refractivity contribution >= 4 is 15.9 Å². The molecule has 0 aromatic carbocycles. The number of halogens is 1. The maximum atomic E-state index is 3.57. The predicted molar refractivity (Wildman–Crippen MR) is 44.9 cm³/mol. The van der Waals surface area contributed by atoms with Crippen LogP contribution in [0.3, 0.4) is 0 Å². The molecule has 0 saturated heterocycles. The minimum absolute atomic E-state index is 0.611. The van der Waals surface area contributed by atoms with Crippen molar-refractivity contribution in [1.82, 2.24) is 0 Å². The van der Waals surface area contributed by atoms with E-state index >= 15 is 0 Å². The lowest BCUT2D eigenvalue weighted by Gasteiger charge is -2.24. The quantitative estimate of drug-likeness (QED) is 0.601. The zero-order chi connectivity index (χ0) is 6.91. The fourth-order valence-corrected chi connectivity index (χ4v) is 2.13. The first kappa shape index (κ1) is 7.59. The third-order valence-corrected chi connectivity index (χ3v) is 3.96. The topological polar surface area (TPSA) is 0 Å². The molecule has 1 unspecified atom stereocenters. The van der Waals surface area contributed by atoms with E-state index in [9.17, 15) is 0 Å². The predicted octanol–water partition coefficient (Wildman–Crippen LogP) is 3.21. The summed E-state index contributed by atoms with van der Waals surface area (Å²) in [6.07, 6.45) is 4.26. The monoisotopic (exact) mass is 190 g/mol. The fourth-order valence-electron chi connectivity index (χ4n) is 1.27. The van der Waals surface area contributed by atoms with E-state index in [0.29, 0.717) is 5.41 Å². The van der Waals surface area contributed by atoms with Gasteiger partial charge in [-0.2, -0.15) is 0 Å². The van der Waals surface area contributed by atoms with Gasteiger partial charge in [0.2, 0.25) is 0 Å². The molecule has 1 heteroatoms. The molecule has 1 aliphatic rings. The van der Waals surface area contributed by atoms with Gasteiger partial charge in [-0.3, -0.25) is 0 Å². The van der Waals surface area contributed by atoms with E-state index in [4.69, 9.17) is 0 Å². The van der Waals surface area contributed by atoms with Gasteiger partial charge in [-0.25, -0.2) is 0 Å². The van der Waals surface area contributed by atoms with E-state index < -0.39 is 0 Å². The van der Waals surface area contributed by atoms with Crippen LogP contribution in [-0.4, -0.2) is 5.33 Å². The van der Waals surface area contributed by atoms with Gasteiger partial charge in [0, 0.05) is 5.33 Å². The Balaban J connectivity index is 2.43. The van der Waals surface area contributed by atoms with Crippen LogP contribution in [0.1, 0.15) is 33.1 Å². The van der Waals surface area contributed by atoms with E-state index in [2.05, 4.69) is 29.8 Å². The lowest BCUT2D eigenvalue weighted by Crippen LogP contribution is -2.19. The Labute approximate surface area is 66.2 Å². The average molecular weight is 191 g/mol. The molecule has 0 spiro atoms. The molecular weight excluding hydrogens is 176 g/mol. The Kier molecular flexibility index (Phi) is 2.20. The summed E-state index contributed by atoms with van der Waals surface area (Å²) in [6, 6.07) is 0. The van der Waals surface area contributed by atoms with E-state index in [1.54, 1.807) is 0 Å². The third-order valence-electron chi connectivity index (χ3n) is 2.68. The molecule has 9 heavy (non-hydrogen) atoms. The van der Waals surface area contributed by atoms with Crippen molar-refractivity contribution in [3.05, 3.63) is 0 Å². The van der Waals surface area contributed by atoms with Crippen LogP contribution in [0.5, 0.6) is 0 Å². The van der Waals surface area contributed by atoms with Gasteiger partial charge in [0.05, 0.1) is 0 Å². The second-order valence-electron chi connectivity index (χ2n) is 3.42. The van der Waals surface area contributed by atoms with E-state index in [-0.39, 0.29) is 0 Å². The Morgan fingerprint density at radius 1 is 1.56 bits per heavy atom. The highest BCUT2D eigenvalue weighted by atomic mass is 79.9. The summed E-state index contributed by atoms with van der Waals surface area (Å²) in [6.45, 7) is 4.68. The second-order valence-corrected chi connectivity index (χ2v) is 3.98. The third kappa shape index (κ3) is 1.49. The lowest BCUT2D eigenvalue weighted by atomic mass is 9.85. The van der Waals surface area contributed by atoms with Crippen molar-refractivity contribution < 1.29 is 0 Å². The first-order valence-corrected chi connectivity index (χ1v) is 4.91. The van der Waals surface area contributed by atoms with Crippen LogP contribution in [0, 0.1) is 11.3 Å². The Morgan fingerprint density at radius 3 is 2.22 bits per heavy atom. The smallest absolute Gasteiger partial charge is 0.00878 e. The number of rotatable bonds is 3. The first-order chi connectivity index (χ1) is 4.23. The molecular formula is C8H15Br. The molecule has 0 bridgehead atoms. The second kappa shape index (κ2) is 2.61. The van der Waals surface area contributed by atoms with Crippen LogP contribution >= 0.6 is 15.9 Å². The van der Waals surface area contributed by atoms with Crippen molar-refractivity contribution in [2.45, 2.75) is 33.1 Å². The molecule has 1 rings (SSSR count). The maximum Gasteiger partial charge on any atom is 0.00878 e. The Morgan fingerprint density at radius 2 is 2.11 bits per heavy atom. The minimum atomic E-state index is 0.611. The van der Waals surface area contributed by atoms with Crippen molar-refractivity contribution in [3.63, 3.8) is 0 Å². The highest BCUT2D eigenvalue weighted by Gasteiger charge is 2.38. The molecule has 1 fully saturated rings. The maximum absolute atomic E-state index is 3.57. The van der Waals surface area contributed by atoms with Crippen molar-refractivity contribution in [3.8, 4) is 0 Å². The number of hydrogen-bond acceptors (Lipinski definition) is 0. The molecule has 0 aliphatic heterocycles. The van der Waals surface area contributed by atoms with Gasteiger partial charge in [0.25, 0.3) is 0 Å². The van der Waals surface area contributed by atoms with Gasteiger partial charge in [0.1, 0.15) is 0 Å². The van der Waals surface area contributed by atoms with E-state index in [1.807, 2.05) is 0 Å². The summed E-state index contributed by atoms with van der Waals surface area (Å²) >= 11 is 3.57. The van der Waals surface area contributed by atoms with Crippen molar-refractivity contribution in [2.75, 3.05) is 5.33 Å². The first-order valence-electron chi connectivity index (χ1n) is 3.79. The molecule has 0 aromatic rings. The SMILES string of the molecule is CCC(C)(CBr)C1CC1. The number of hydrogen-bond donors (Lipinski definition) is 0. The van der Waals surface area contributed by atoms with Gasteiger partial charge in [0.15, 0.2) is 0 Å². The number of alkyl halides is 1. The molecule has 0 N–H and O–H groups in total. The Bertz CT molecular complexity index is 90.7. The van der Waals surface area contributed by atoms with Gasteiger partial charge < -0.3 is 0 Å². The van der Waals surface area contributed by atoms with Gasteiger partial charge >= 0.3 is 0 Å². The summed E-state index contributed by atoms with van der Waals surface area (Å²) in [5.41, 5.74) is 0.611. The average Bonchev–Trinajstić information content (AvgIpc) is 2.68.